The van der Waals surface area contributed by atoms with E-state index in [0.717, 1.165) is 0 Å². The van der Waals surface area contributed by atoms with Crippen LogP contribution >= 0.6 is 0 Å². The molecule has 0 amide bonds. The van der Waals surface area contributed by atoms with Crippen molar-refractivity contribution in [2.24, 2.45) is 0 Å². The molecule has 0 radical (unpaired) electrons. The monoisotopic (exact) mass is 260 g/mol. The molecule has 1 aliphatic rings. The van der Waals surface area contributed by atoms with Crippen LogP contribution in [0, 0.1) is 11.8 Å². The van der Waals surface area contributed by atoms with Crippen molar-refractivity contribution in [3.05, 3.63) is 35.9 Å². The van der Waals surface area contributed by atoms with E-state index in [2.05, 4.69) is 11.8 Å². The Morgan fingerprint density at radius 1 is 1.47 bits per heavy atom. The van der Waals surface area contributed by atoms with Gasteiger partial charge in [-0.2, -0.15) is 0 Å². The molecule has 0 aliphatic carbocycles. The van der Waals surface area contributed by atoms with E-state index in [4.69, 9.17) is 9.47 Å². The quantitative estimate of drug-likeness (QED) is 0.650. The first kappa shape index (κ1) is 13.6. The summed E-state index contributed by atoms with van der Waals surface area (Å²) < 4.78 is 10.6. The van der Waals surface area contributed by atoms with E-state index in [1.165, 1.54) is 0 Å². The number of carbonyl (C=O) groups excluding carboxylic acids is 1. The number of hydrogen-bond donors (Lipinski definition) is 1. The predicted molar refractivity (Wildman–Crippen MR) is 69.2 cm³/mol. The van der Waals surface area contributed by atoms with Gasteiger partial charge in [0.15, 0.2) is 0 Å². The first-order valence-corrected chi connectivity index (χ1v) is 6.17. The van der Waals surface area contributed by atoms with Gasteiger partial charge in [0.05, 0.1) is 12.2 Å². The third-order valence-corrected chi connectivity index (χ3v) is 2.91. The highest BCUT2D eigenvalue weighted by Gasteiger charge is 2.34. The minimum atomic E-state index is -1.12. The number of benzene rings is 1. The summed E-state index contributed by atoms with van der Waals surface area (Å²) in [5.41, 5.74) is -0.634. The van der Waals surface area contributed by atoms with E-state index in [1.54, 1.807) is 31.2 Å². The van der Waals surface area contributed by atoms with E-state index in [-0.39, 0.29) is 6.61 Å². The van der Waals surface area contributed by atoms with Crippen molar-refractivity contribution >= 4 is 5.97 Å². The molecule has 1 saturated heterocycles. The lowest BCUT2D eigenvalue weighted by molar-refractivity contribution is -0.176. The molecule has 1 N–H and O–H groups in total. The average molecular weight is 260 g/mol. The van der Waals surface area contributed by atoms with E-state index in [1.807, 2.05) is 6.07 Å². The second kappa shape index (κ2) is 5.87. The average Bonchev–Trinajstić information content (AvgIpc) is 2.43. The van der Waals surface area contributed by atoms with Crippen molar-refractivity contribution < 1.29 is 19.4 Å². The van der Waals surface area contributed by atoms with Crippen LogP contribution < -0.4 is 0 Å². The van der Waals surface area contributed by atoms with Gasteiger partial charge in [0.25, 0.3) is 0 Å². The highest BCUT2D eigenvalue weighted by molar-refractivity contribution is 5.89. The summed E-state index contributed by atoms with van der Waals surface area (Å²) in [6, 6.07) is 8.74. The molecule has 4 heteroatoms. The van der Waals surface area contributed by atoms with Gasteiger partial charge in [0, 0.05) is 6.42 Å². The normalized spacial score (nSPS) is 26.1. The molecule has 1 aromatic carbocycles. The van der Waals surface area contributed by atoms with Crippen molar-refractivity contribution in [3.63, 3.8) is 0 Å². The zero-order valence-electron chi connectivity index (χ0n) is 10.8. The van der Waals surface area contributed by atoms with E-state index >= 15 is 0 Å². The summed E-state index contributed by atoms with van der Waals surface area (Å²) in [5.74, 6) is 4.96. The molecule has 2 atom stereocenters. The van der Waals surface area contributed by atoms with Gasteiger partial charge < -0.3 is 14.6 Å². The van der Waals surface area contributed by atoms with Gasteiger partial charge in [-0.25, -0.2) is 4.79 Å². The molecule has 100 valence electrons. The maximum absolute atomic E-state index is 11.8. The summed E-state index contributed by atoms with van der Waals surface area (Å²) in [5, 5.41) is 10.0. The third kappa shape index (κ3) is 3.57. The van der Waals surface area contributed by atoms with Crippen LogP contribution in [0.4, 0.5) is 0 Å². The van der Waals surface area contributed by atoms with Crippen LogP contribution in [0.1, 0.15) is 30.1 Å². The number of rotatable bonds is 2. The molecule has 19 heavy (non-hydrogen) atoms. The Balaban J connectivity index is 1.89. The lowest BCUT2D eigenvalue weighted by Crippen LogP contribution is -2.42. The largest absolute Gasteiger partial charge is 0.432 e. The van der Waals surface area contributed by atoms with Crippen LogP contribution in [0.25, 0.3) is 0 Å². The molecular formula is C15H16O4. The number of carbonyl (C=O) groups is 1. The number of hydrogen-bond acceptors (Lipinski definition) is 4. The molecule has 1 aromatic rings. The zero-order valence-corrected chi connectivity index (χ0v) is 10.8. The Labute approximate surface area is 112 Å². The maximum Gasteiger partial charge on any atom is 0.340 e. The first-order chi connectivity index (χ1) is 9.13. The molecule has 2 rings (SSSR count). The summed E-state index contributed by atoms with van der Waals surface area (Å²) in [7, 11) is 0. The predicted octanol–water partition coefficient (Wildman–Crippen LogP) is 1.73. The van der Waals surface area contributed by atoms with E-state index < -0.39 is 17.9 Å². The molecule has 4 nitrogen and oxygen atoms in total. The summed E-state index contributed by atoms with van der Waals surface area (Å²) in [6.45, 7) is 1.72. The second-order valence-electron chi connectivity index (χ2n) is 4.46. The molecule has 0 spiro atoms. The fraction of sp³-hybridized carbons (Fsp3) is 0.400. The standard InChI is InChI=1S/C15H16O4/c1-2-9-15(17)10-8-13(18-11-15)19-14(16)12-6-4-3-5-7-12/h3-7,13,17H,8,10-11H2,1H3. The Morgan fingerprint density at radius 2 is 2.21 bits per heavy atom. The molecule has 2 unspecified atom stereocenters. The molecule has 1 aliphatic heterocycles. The maximum atomic E-state index is 11.8. The van der Waals surface area contributed by atoms with Gasteiger partial charge in [-0.15, -0.1) is 5.92 Å². The molecule has 0 saturated carbocycles. The van der Waals surface area contributed by atoms with Crippen LogP contribution in [0.15, 0.2) is 30.3 Å². The Morgan fingerprint density at radius 3 is 2.79 bits per heavy atom. The minimum Gasteiger partial charge on any atom is -0.432 e. The molecule has 1 heterocycles. The Kier molecular flexibility index (Phi) is 4.20. The van der Waals surface area contributed by atoms with Crippen LogP contribution in [0.2, 0.25) is 0 Å². The van der Waals surface area contributed by atoms with Crippen LogP contribution in [0.5, 0.6) is 0 Å². The van der Waals surface area contributed by atoms with Gasteiger partial charge in [0.2, 0.25) is 6.29 Å². The topological polar surface area (TPSA) is 55.8 Å². The lowest BCUT2D eigenvalue weighted by atomic mass is 9.97. The summed E-state index contributed by atoms with van der Waals surface area (Å²) in [4.78, 5) is 11.8. The Bertz CT molecular complexity index is 490. The first-order valence-electron chi connectivity index (χ1n) is 6.17. The fourth-order valence-corrected chi connectivity index (χ4v) is 1.93. The highest BCUT2D eigenvalue weighted by Crippen LogP contribution is 2.23. The smallest absolute Gasteiger partial charge is 0.340 e. The molecule has 0 aromatic heterocycles. The van der Waals surface area contributed by atoms with Crippen molar-refractivity contribution in [1.82, 2.24) is 0 Å². The number of esters is 1. The van der Waals surface area contributed by atoms with Crippen LogP contribution in [-0.2, 0) is 9.47 Å². The number of ether oxygens (including phenoxy) is 2. The minimum absolute atomic E-state index is 0.0561. The Hall–Kier alpha value is -1.83. The lowest BCUT2D eigenvalue weighted by Gasteiger charge is -2.31. The SMILES string of the molecule is CC#CC1(O)CCC(OC(=O)c2ccccc2)OC1. The molecular weight excluding hydrogens is 244 g/mol. The summed E-state index contributed by atoms with van der Waals surface area (Å²) >= 11 is 0. The highest BCUT2D eigenvalue weighted by atomic mass is 16.7. The van der Waals surface area contributed by atoms with Crippen molar-refractivity contribution in [1.29, 1.82) is 0 Å². The van der Waals surface area contributed by atoms with Crippen LogP contribution in [0.3, 0.4) is 0 Å². The second-order valence-corrected chi connectivity index (χ2v) is 4.46. The number of aliphatic hydroxyl groups is 1. The van der Waals surface area contributed by atoms with Crippen molar-refractivity contribution in [2.45, 2.75) is 31.7 Å². The van der Waals surface area contributed by atoms with Crippen molar-refractivity contribution in [2.75, 3.05) is 6.61 Å². The molecule has 1 fully saturated rings. The van der Waals surface area contributed by atoms with Gasteiger partial charge in [-0.3, -0.25) is 0 Å². The van der Waals surface area contributed by atoms with Crippen molar-refractivity contribution in [3.8, 4) is 11.8 Å². The van der Waals surface area contributed by atoms with Gasteiger partial charge >= 0.3 is 5.97 Å². The summed E-state index contributed by atoms with van der Waals surface area (Å²) in [6.07, 6.45) is 0.247. The van der Waals surface area contributed by atoms with E-state index in [0.29, 0.717) is 18.4 Å². The van der Waals surface area contributed by atoms with Crippen LogP contribution in [-0.4, -0.2) is 29.6 Å². The fourth-order valence-electron chi connectivity index (χ4n) is 1.93. The third-order valence-electron chi connectivity index (χ3n) is 2.91. The van der Waals surface area contributed by atoms with Gasteiger partial charge in [-0.1, -0.05) is 24.1 Å². The zero-order chi connectivity index (χ0) is 13.7. The molecule has 0 bridgehead atoms. The van der Waals surface area contributed by atoms with Gasteiger partial charge in [0.1, 0.15) is 5.60 Å². The van der Waals surface area contributed by atoms with E-state index in [9.17, 15) is 9.90 Å². The van der Waals surface area contributed by atoms with Gasteiger partial charge in [-0.05, 0) is 25.5 Å².